The molecule has 1 heterocycles. The van der Waals surface area contributed by atoms with Gasteiger partial charge in [-0.2, -0.15) is 0 Å². The van der Waals surface area contributed by atoms with Gasteiger partial charge < -0.3 is 10.1 Å². The molecule has 20 heavy (non-hydrogen) atoms. The Morgan fingerprint density at radius 2 is 2.10 bits per heavy atom. The predicted octanol–water partition coefficient (Wildman–Crippen LogP) is 3.73. The maximum absolute atomic E-state index is 11.1. The van der Waals surface area contributed by atoms with Crippen LogP contribution in [0.4, 0.5) is 0 Å². The molecule has 0 radical (unpaired) electrons. The molecule has 1 unspecified atom stereocenters. The molecule has 2 aromatic rings. The Morgan fingerprint density at radius 3 is 2.60 bits per heavy atom. The smallest absolute Gasteiger partial charge is 0.304 e. The number of H-pyrrole nitrogens is 1. The summed E-state index contributed by atoms with van der Waals surface area (Å²) in [6.07, 6.45) is 3.81. The largest absolute Gasteiger partial charge is 0.481 e. The first-order valence-corrected chi connectivity index (χ1v) is 7.40. The molecule has 4 nitrogen and oxygen atoms in total. The van der Waals surface area contributed by atoms with Gasteiger partial charge in [-0.05, 0) is 33.5 Å². The van der Waals surface area contributed by atoms with E-state index in [1.165, 1.54) is 5.56 Å². The van der Waals surface area contributed by atoms with Gasteiger partial charge in [0.2, 0.25) is 0 Å². The molecular weight excluding hydrogens is 320 g/mol. The van der Waals surface area contributed by atoms with Crippen molar-refractivity contribution in [3.8, 4) is 0 Å². The average Bonchev–Trinajstić information content (AvgIpc) is 2.84. The summed E-state index contributed by atoms with van der Waals surface area (Å²) in [7, 11) is 0. The number of hydrogen-bond acceptors (Lipinski definition) is 2. The maximum atomic E-state index is 11.1. The average molecular weight is 337 g/mol. The van der Waals surface area contributed by atoms with Crippen molar-refractivity contribution in [1.29, 1.82) is 0 Å². The number of benzene rings is 1. The van der Waals surface area contributed by atoms with Crippen LogP contribution in [0.3, 0.4) is 0 Å². The molecule has 1 aromatic carbocycles. The molecule has 5 heteroatoms. The SMILES string of the molecule is CCCc1ccc(C(CC(=O)O)c2ncc(Br)[nH]2)cc1. The normalized spacial score (nSPS) is 12.3. The third-order valence-electron chi connectivity index (χ3n) is 3.19. The predicted molar refractivity (Wildman–Crippen MR) is 80.8 cm³/mol. The molecule has 0 aliphatic heterocycles. The minimum Gasteiger partial charge on any atom is -0.481 e. The van der Waals surface area contributed by atoms with E-state index in [2.05, 4.69) is 45.0 Å². The van der Waals surface area contributed by atoms with Gasteiger partial charge in [0.15, 0.2) is 0 Å². The van der Waals surface area contributed by atoms with Crippen molar-refractivity contribution in [3.63, 3.8) is 0 Å². The molecule has 1 atom stereocenters. The zero-order valence-electron chi connectivity index (χ0n) is 11.3. The second-order valence-electron chi connectivity index (χ2n) is 4.76. The fourth-order valence-corrected chi connectivity index (χ4v) is 2.55. The van der Waals surface area contributed by atoms with E-state index >= 15 is 0 Å². The molecule has 0 bridgehead atoms. The van der Waals surface area contributed by atoms with E-state index in [0.717, 1.165) is 23.0 Å². The van der Waals surface area contributed by atoms with Crippen LogP contribution < -0.4 is 0 Å². The highest BCUT2D eigenvalue weighted by Gasteiger charge is 2.20. The summed E-state index contributed by atoms with van der Waals surface area (Å²) in [6.45, 7) is 2.14. The molecule has 0 saturated heterocycles. The Hall–Kier alpha value is -1.62. The van der Waals surface area contributed by atoms with Gasteiger partial charge in [0, 0.05) is 0 Å². The van der Waals surface area contributed by atoms with E-state index in [9.17, 15) is 4.79 Å². The number of carboxylic acids is 1. The van der Waals surface area contributed by atoms with Crippen molar-refractivity contribution in [2.45, 2.75) is 32.1 Å². The van der Waals surface area contributed by atoms with Crippen LogP contribution in [0.25, 0.3) is 0 Å². The molecule has 0 fully saturated rings. The Bertz CT molecular complexity index is 578. The van der Waals surface area contributed by atoms with Crippen LogP contribution >= 0.6 is 15.9 Å². The number of imidazole rings is 1. The van der Waals surface area contributed by atoms with Gasteiger partial charge in [0.1, 0.15) is 10.4 Å². The van der Waals surface area contributed by atoms with Crippen molar-refractivity contribution in [1.82, 2.24) is 9.97 Å². The number of nitrogens with one attached hydrogen (secondary N) is 1. The zero-order valence-corrected chi connectivity index (χ0v) is 12.9. The number of aryl methyl sites for hydroxylation is 1. The number of aliphatic carboxylic acids is 1. The Morgan fingerprint density at radius 1 is 1.40 bits per heavy atom. The highest BCUT2D eigenvalue weighted by atomic mass is 79.9. The van der Waals surface area contributed by atoms with Crippen molar-refractivity contribution < 1.29 is 9.90 Å². The molecular formula is C15H17BrN2O2. The summed E-state index contributed by atoms with van der Waals surface area (Å²) in [5.74, 6) is -0.419. The molecule has 0 spiro atoms. The lowest BCUT2D eigenvalue weighted by Crippen LogP contribution is -2.09. The van der Waals surface area contributed by atoms with Crippen LogP contribution in [0.2, 0.25) is 0 Å². The van der Waals surface area contributed by atoms with Gasteiger partial charge in [-0.3, -0.25) is 4.79 Å². The molecule has 0 saturated carbocycles. The number of carboxylic acid groups (broad SMARTS) is 1. The van der Waals surface area contributed by atoms with Crippen molar-refractivity contribution in [3.05, 3.63) is 52.0 Å². The number of aromatic amines is 1. The fourth-order valence-electron chi connectivity index (χ4n) is 2.24. The van der Waals surface area contributed by atoms with Crippen LogP contribution in [-0.4, -0.2) is 21.0 Å². The number of rotatable bonds is 6. The van der Waals surface area contributed by atoms with Crippen LogP contribution in [-0.2, 0) is 11.2 Å². The van der Waals surface area contributed by atoms with E-state index < -0.39 is 5.97 Å². The third-order valence-corrected chi connectivity index (χ3v) is 3.60. The van der Waals surface area contributed by atoms with E-state index in [1.807, 2.05) is 12.1 Å². The van der Waals surface area contributed by atoms with Crippen molar-refractivity contribution in [2.24, 2.45) is 0 Å². The van der Waals surface area contributed by atoms with Gasteiger partial charge in [-0.15, -0.1) is 0 Å². The molecule has 2 rings (SSSR count). The topological polar surface area (TPSA) is 66.0 Å². The first-order valence-electron chi connectivity index (χ1n) is 6.61. The Labute approximate surface area is 126 Å². The molecule has 1 aromatic heterocycles. The second kappa shape index (κ2) is 6.70. The van der Waals surface area contributed by atoms with E-state index in [1.54, 1.807) is 6.20 Å². The quantitative estimate of drug-likeness (QED) is 0.844. The van der Waals surface area contributed by atoms with Crippen LogP contribution in [0, 0.1) is 0 Å². The Balaban J connectivity index is 2.28. The molecule has 0 aliphatic carbocycles. The molecule has 106 valence electrons. The monoisotopic (exact) mass is 336 g/mol. The number of nitrogens with zero attached hydrogens (tertiary/aromatic N) is 1. The first kappa shape index (κ1) is 14.8. The van der Waals surface area contributed by atoms with Crippen molar-refractivity contribution >= 4 is 21.9 Å². The van der Waals surface area contributed by atoms with Gasteiger partial charge in [-0.25, -0.2) is 4.98 Å². The summed E-state index contributed by atoms with van der Waals surface area (Å²) in [5, 5.41) is 9.10. The van der Waals surface area contributed by atoms with Crippen molar-refractivity contribution in [2.75, 3.05) is 0 Å². The summed E-state index contributed by atoms with van der Waals surface area (Å²) < 4.78 is 0.755. The fraction of sp³-hybridized carbons (Fsp3) is 0.333. The van der Waals surface area contributed by atoms with Gasteiger partial charge in [-0.1, -0.05) is 37.6 Å². The highest BCUT2D eigenvalue weighted by Crippen LogP contribution is 2.27. The minimum atomic E-state index is -0.833. The van der Waals surface area contributed by atoms with Gasteiger partial charge in [0.05, 0.1) is 18.5 Å². The number of halogens is 1. The Kier molecular flexibility index (Phi) is 4.95. The lowest BCUT2D eigenvalue weighted by Gasteiger charge is -2.13. The first-order chi connectivity index (χ1) is 9.60. The number of hydrogen-bond donors (Lipinski definition) is 2. The standard InChI is InChI=1S/C15H17BrN2O2/c1-2-3-10-4-6-11(7-5-10)12(8-14(19)20)15-17-9-13(16)18-15/h4-7,9,12H,2-3,8H2,1H3,(H,17,18)(H,19,20). The van der Waals surface area contributed by atoms with E-state index in [0.29, 0.717) is 5.82 Å². The van der Waals surface area contributed by atoms with Crippen LogP contribution in [0.5, 0.6) is 0 Å². The number of carbonyl (C=O) groups is 1. The summed E-state index contributed by atoms with van der Waals surface area (Å²) in [5.41, 5.74) is 2.24. The summed E-state index contributed by atoms with van der Waals surface area (Å²) in [6, 6.07) is 8.11. The highest BCUT2D eigenvalue weighted by molar-refractivity contribution is 9.10. The van der Waals surface area contributed by atoms with E-state index in [-0.39, 0.29) is 12.3 Å². The zero-order chi connectivity index (χ0) is 14.5. The van der Waals surface area contributed by atoms with E-state index in [4.69, 9.17) is 5.11 Å². The second-order valence-corrected chi connectivity index (χ2v) is 5.61. The minimum absolute atomic E-state index is 0.0209. The lowest BCUT2D eigenvalue weighted by atomic mass is 9.93. The van der Waals surface area contributed by atoms with Gasteiger partial charge in [0.25, 0.3) is 0 Å². The maximum Gasteiger partial charge on any atom is 0.304 e. The number of aromatic nitrogens is 2. The molecule has 0 aliphatic rings. The van der Waals surface area contributed by atoms with Gasteiger partial charge >= 0.3 is 5.97 Å². The third kappa shape index (κ3) is 3.70. The summed E-state index contributed by atoms with van der Waals surface area (Å²) in [4.78, 5) is 18.4. The van der Waals surface area contributed by atoms with Crippen LogP contribution in [0.15, 0.2) is 35.1 Å². The molecule has 0 amide bonds. The lowest BCUT2D eigenvalue weighted by molar-refractivity contribution is -0.137. The summed E-state index contributed by atoms with van der Waals surface area (Å²) >= 11 is 3.31. The van der Waals surface area contributed by atoms with Crippen LogP contribution in [0.1, 0.15) is 42.6 Å². The molecule has 2 N–H and O–H groups in total.